The van der Waals surface area contributed by atoms with Gasteiger partial charge < -0.3 is 14.7 Å². The van der Waals surface area contributed by atoms with Gasteiger partial charge in [0.15, 0.2) is 5.69 Å². The normalized spacial score (nSPS) is 21.2. The van der Waals surface area contributed by atoms with E-state index < -0.39 is 11.4 Å². The zero-order valence-corrected chi connectivity index (χ0v) is 17.0. The highest BCUT2D eigenvalue weighted by molar-refractivity contribution is 5.95. The first-order valence-corrected chi connectivity index (χ1v) is 10.2. The van der Waals surface area contributed by atoms with E-state index in [1.807, 2.05) is 35.9 Å². The van der Waals surface area contributed by atoms with Crippen LogP contribution < -0.4 is 0 Å². The minimum Gasteiger partial charge on any atom is -0.481 e. The maximum Gasteiger partial charge on any atom is 0.313 e. The number of nitrogens with zero attached hydrogens (tertiary/aromatic N) is 3. The molecule has 0 spiro atoms. The molecule has 1 saturated heterocycles. The van der Waals surface area contributed by atoms with Crippen LogP contribution in [0.3, 0.4) is 0 Å². The van der Waals surface area contributed by atoms with Gasteiger partial charge >= 0.3 is 5.97 Å². The van der Waals surface area contributed by atoms with E-state index in [0.29, 0.717) is 25.1 Å². The van der Waals surface area contributed by atoms with Gasteiger partial charge in [-0.15, -0.1) is 0 Å². The molecule has 7 nitrogen and oxygen atoms in total. The van der Waals surface area contributed by atoms with Gasteiger partial charge in [0.05, 0.1) is 12.3 Å². The Morgan fingerprint density at radius 2 is 2.03 bits per heavy atom. The number of methoxy groups -OCH3 is 1. The summed E-state index contributed by atoms with van der Waals surface area (Å²) >= 11 is 0. The molecule has 1 aromatic carbocycles. The van der Waals surface area contributed by atoms with Gasteiger partial charge in [-0.2, -0.15) is 5.10 Å². The number of aromatic nitrogens is 2. The van der Waals surface area contributed by atoms with Crippen LogP contribution in [0, 0.1) is 12.3 Å². The SMILES string of the molecule is COCC1(C(=O)O)CCCN(C(=O)c2nn(-c3ccccc3C)c3c2CCC3)C1. The molecule has 1 N–H and O–H groups in total. The van der Waals surface area contributed by atoms with Crippen molar-refractivity contribution in [2.45, 2.75) is 39.0 Å². The number of carbonyl (C=O) groups is 2. The molecule has 29 heavy (non-hydrogen) atoms. The summed E-state index contributed by atoms with van der Waals surface area (Å²) < 4.78 is 7.10. The summed E-state index contributed by atoms with van der Waals surface area (Å²) in [7, 11) is 1.50. The second kappa shape index (κ2) is 7.63. The van der Waals surface area contributed by atoms with E-state index in [1.165, 1.54) is 7.11 Å². The van der Waals surface area contributed by atoms with Crippen molar-refractivity contribution in [3.63, 3.8) is 0 Å². The first kappa shape index (κ1) is 19.6. The van der Waals surface area contributed by atoms with Crippen molar-refractivity contribution in [1.29, 1.82) is 0 Å². The van der Waals surface area contributed by atoms with Gasteiger partial charge in [-0.05, 0) is 50.7 Å². The molecule has 1 atom stereocenters. The maximum absolute atomic E-state index is 13.4. The summed E-state index contributed by atoms with van der Waals surface area (Å²) in [6.45, 7) is 2.84. The van der Waals surface area contributed by atoms with Crippen LogP contribution in [-0.4, -0.2) is 58.5 Å². The summed E-state index contributed by atoms with van der Waals surface area (Å²) in [5.74, 6) is -1.08. The third-order valence-corrected chi connectivity index (χ3v) is 6.21. The van der Waals surface area contributed by atoms with Gasteiger partial charge in [-0.25, -0.2) is 4.68 Å². The number of amides is 1. The number of carboxylic acid groups (broad SMARTS) is 1. The van der Waals surface area contributed by atoms with Crippen molar-refractivity contribution >= 4 is 11.9 Å². The second-order valence-electron chi connectivity index (χ2n) is 8.17. The van der Waals surface area contributed by atoms with E-state index in [9.17, 15) is 14.7 Å². The van der Waals surface area contributed by atoms with E-state index in [1.54, 1.807) is 4.90 Å². The summed E-state index contributed by atoms with van der Waals surface area (Å²) in [4.78, 5) is 27.0. The highest BCUT2D eigenvalue weighted by atomic mass is 16.5. The third kappa shape index (κ3) is 3.33. The van der Waals surface area contributed by atoms with Gasteiger partial charge in [0, 0.05) is 31.5 Å². The predicted octanol–water partition coefficient (Wildman–Crippen LogP) is 2.62. The number of fused-ring (bicyclic) bond motifs is 1. The molecule has 0 radical (unpaired) electrons. The second-order valence-corrected chi connectivity index (χ2v) is 8.17. The van der Waals surface area contributed by atoms with Crippen LogP contribution in [0.5, 0.6) is 0 Å². The fourth-order valence-corrected chi connectivity index (χ4v) is 4.69. The van der Waals surface area contributed by atoms with Crippen LogP contribution in [0.4, 0.5) is 0 Å². The number of aryl methyl sites for hydroxylation is 1. The number of hydrogen-bond acceptors (Lipinski definition) is 4. The topological polar surface area (TPSA) is 84.7 Å². The number of carboxylic acids is 1. The monoisotopic (exact) mass is 397 g/mol. The van der Waals surface area contributed by atoms with Crippen LogP contribution >= 0.6 is 0 Å². The van der Waals surface area contributed by atoms with Gasteiger partial charge in [0.25, 0.3) is 5.91 Å². The number of para-hydroxylation sites is 1. The largest absolute Gasteiger partial charge is 0.481 e. The van der Waals surface area contributed by atoms with Gasteiger partial charge in [-0.3, -0.25) is 9.59 Å². The number of hydrogen-bond donors (Lipinski definition) is 1. The molecule has 1 amide bonds. The predicted molar refractivity (Wildman–Crippen MR) is 107 cm³/mol. The Balaban J connectivity index is 1.69. The zero-order valence-electron chi connectivity index (χ0n) is 17.0. The molecule has 1 aliphatic heterocycles. The molecule has 2 aromatic rings. The molecule has 1 aliphatic carbocycles. The highest BCUT2D eigenvalue weighted by Crippen LogP contribution is 2.34. The zero-order chi connectivity index (χ0) is 20.6. The minimum absolute atomic E-state index is 0.0991. The lowest BCUT2D eigenvalue weighted by molar-refractivity contribution is -0.155. The smallest absolute Gasteiger partial charge is 0.313 e. The standard InChI is InChI=1S/C22H27N3O4/c1-15-7-3-4-9-17(15)25-18-10-5-8-16(18)19(23-25)20(26)24-12-6-11-22(13-24,14-29-2)21(27)28/h3-4,7,9H,5-6,8,10-14H2,1-2H3,(H,27,28). The summed E-state index contributed by atoms with van der Waals surface area (Å²) in [6, 6.07) is 8.02. The Kier molecular flexibility index (Phi) is 5.17. The molecule has 2 heterocycles. The average molecular weight is 397 g/mol. The fourth-order valence-electron chi connectivity index (χ4n) is 4.69. The molecule has 1 fully saturated rings. The quantitative estimate of drug-likeness (QED) is 0.838. The van der Waals surface area contributed by atoms with Gasteiger partial charge in [0.1, 0.15) is 5.41 Å². The van der Waals surface area contributed by atoms with Gasteiger partial charge in [-0.1, -0.05) is 18.2 Å². The molecule has 4 rings (SSSR count). The Labute approximate surface area is 170 Å². The molecule has 0 saturated carbocycles. The Morgan fingerprint density at radius 1 is 1.24 bits per heavy atom. The molecule has 1 unspecified atom stereocenters. The van der Waals surface area contributed by atoms with Crippen molar-refractivity contribution in [2.24, 2.45) is 5.41 Å². The lowest BCUT2D eigenvalue weighted by Gasteiger charge is -2.39. The van der Waals surface area contributed by atoms with Crippen molar-refractivity contribution < 1.29 is 19.4 Å². The first-order valence-electron chi connectivity index (χ1n) is 10.2. The molecule has 7 heteroatoms. The van der Waals surface area contributed by atoms with Gasteiger partial charge in [0.2, 0.25) is 0 Å². The maximum atomic E-state index is 13.4. The molecular formula is C22H27N3O4. The number of piperidine rings is 1. The average Bonchev–Trinajstić information content (AvgIpc) is 3.31. The summed E-state index contributed by atoms with van der Waals surface area (Å²) in [5.41, 5.74) is 3.62. The van der Waals surface area contributed by atoms with E-state index in [0.717, 1.165) is 41.8 Å². The minimum atomic E-state index is -1.05. The fraction of sp³-hybridized carbons (Fsp3) is 0.500. The van der Waals surface area contributed by atoms with Crippen LogP contribution in [0.25, 0.3) is 5.69 Å². The Bertz CT molecular complexity index is 948. The van der Waals surface area contributed by atoms with Crippen molar-refractivity contribution in [3.8, 4) is 5.69 Å². The Morgan fingerprint density at radius 3 is 2.76 bits per heavy atom. The number of likely N-dealkylation sites (tertiary alicyclic amines) is 1. The van der Waals surface area contributed by atoms with Crippen molar-refractivity contribution in [1.82, 2.24) is 14.7 Å². The van der Waals surface area contributed by atoms with E-state index >= 15 is 0 Å². The lowest BCUT2D eigenvalue weighted by atomic mass is 9.80. The van der Waals surface area contributed by atoms with Crippen molar-refractivity contribution in [2.75, 3.05) is 26.8 Å². The number of rotatable bonds is 5. The number of ether oxygens (including phenoxy) is 1. The van der Waals surface area contributed by atoms with E-state index in [-0.39, 0.29) is 19.1 Å². The molecule has 2 aliphatic rings. The molecule has 154 valence electrons. The number of benzene rings is 1. The highest BCUT2D eigenvalue weighted by Gasteiger charge is 2.44. The summed E-state index contributed by atoms with van der Waals surface area (Å²) in [5, 5.41) is 14.5. The molecule has 0 bridgehead atoms. The van der Waals surface area contributed by atoms with E-state index in [4.69, 9.17) is 9.84 Å². The van der Waals surface area contributed by atoms with Crippen LogP contribution in [0.2, 0.25) is 0 Å². The molecule has 1 aromatic heterocycles. The number of aliphatic carboxylic acids is 1. The Hall–Kier alpha value is -2.67. The van der Waals surface area contributed by atoms with Crippen LogP contribution in [0.15, 0.2) is 24.3 Å². The van der Waals surface area contributed by atoms with Crippen molar-refractivity contribution in [3.05, 3.63) is 46.8 Å². The summed E-state index contributed by atoms with van der Waals surface area (Å²) in [6.07, 6.45) is 3.88. The van der Waals surface area contributed by atoms with Crippen LogP contribution in [0.1, 0.15) is 46.6 Å². The first-order chi connectivity index (χ1) is 14.0. The molecular weight excluding hydrogens is 370 g/mol. The number of carbonyl (C=O) groups excluding carboxylic acids is 1. The van der Waals surface area contributed by atoms with E-state index in [2.05, 4.69) is 0 Å². The lowest BCUT2D eigenvalue weighted by Crippen LogP contribution is -2.52. The van der Waals surface area contributed by atoms with Crippen LogP contribution in [-0.2, 0) is 22.4 Å². The third-order valence-electron chi connectivity index (χ3n) is 6.21.